The van der Waals surface area contributed by atoms with Crippen LogP contribution in [0.1, 0.15) is 0 Å². The van der Waals surface area contributed by atoms with Crippen LogP contribution in [0.3, 0.4) is 0 Å². The van der Waals surface area contributed by atoms with Crippen LogP contribution < -0.4 is 5.73 Å². The van der Waals surface area contributed by atoms with Crippen LogP contribution in [0.2, 0.25) is 0 Å². The van der Waals surface area contributed by atoms with Gasteiger partial charge in [0.05, 0.1) is 23.8 Å². The van der Waals surface area contributed by atoms with Gasteiger partial charge in [0.1, 0.15) is 0 Å². The molecule has 2 rings (SSSR count). The van der Waals surface area contributed by atoms with Crippen molar-refractivity contribution in [2.24, 2.45) is 10.7 Å². The summed E-state index contributed by atoms with van der Waals surface area (Å²) in [6.45, 7) is 3.44. The van der Waals surface area contributed by atoms with Gasteiger partial charge >= 0.3 is 0 Å². The molecule has 0 atom stereocenters. The molecule has 2 N–H and O–H groups in total. The maximum atomic E-state index is 5.95. The highest BCUT2D eigenvalue weighted by Gasteiger charge is 2.11. The normalized spacial score (nSPS) is 17.5. The first-order chi connectivity index (χ1) is 8.25. The summed E-state index contributed by atoms with van der Waals surface area (Å²) in [7, 11) is 0. The van der Waals surface area contributed by atoms with Gasteiger partial charge in [0.2, 0.25) is 0 Å². The number of aliphatic imine (C=N–C) groups is 1. The number of thioether (sulfide) groups is 1. The minimum absolute atomic E-state index is 0.663. The van der Waals surface area contributed by atoms with Gasteiger partial charge < -0.3 is 10.6 Å². The van der Waals surface area contributed by atoms with E-state index in [1.165, 1.54) is 0 Å². The molecule has 17 heavy (non-hydrogen) atoms. The molecule has 0 amide bonds. The van der Waals surface area contributed by atoms with Crippen LogP contribution in [0, 0.1) is 0 Å². The van der Waals surface area contributed by atoms with Gasteiger partial charge in [-0.05, 0) is 15.9 Å². The highest BCUT2D eigenvalue weighted by molar-refractivity contribution is 9.10. The second-order valence-corrected chi connectivity index (χ2v) is 5.90. The van der Waals surface area contributed by atoms with Crippen LogP contribution in [-0.4, -0.2) is 51.8 Å². The predicted octanol–water partition coefficient (Wildman–Crippen LogP) is 1.01. The highest BCUT2D eigenvalue weighted by atomic mass is 79.9. The molecule has 2 heterocycles. The average molecular weight is 318 g/mol. The van der Waals surface area contributed by atoms with Crippen molar-refractivity contribution in [3.8, 4) is 0 Å². The number of aromatic nitrogens is 2. The summed E-state index contributed by atoms with van der Waals surface area (Å²) in [4.78, 5) is 6.54. The second kappa shape index (κ2) is 6.30. The lowest BCUT2D eigenvalue weighted by molar-refractivity contribution is 0.454. The molecule has 1 saturated heterocycles. The molecule has 94 valence electrons. The first-order valence-electron chi connectivity index (χ1n) is 5.56. The Balaban J connectivity index is 1.79. The fraction of sp³-hybridized carbons (Fsp3) is 0.600. The van der Waals surface area contributed by atoms with E-state index in [2.05, 4.69) is 30.9 Å². The van der Waals surface area contributed by atoms with Crippen molar-refractivity contribution in [3.05, 3.63) is 16.9 Å². The van der Waals surface area contributed by atoms with Crippen molar-refractivity contribution in [3.63, 3.8) is 0 Å². The Hall–Kier alpha value is -0.690. The van der Waals surface area contributed by atoms with Gasteiger partial charge in [-0.1, -0.05) is 0 Å². The molecule has 0 bridgehead atoms. The number of halogens is 1. The molecular formula is C10H16BrN5S. The fourth-order valence-corrected chi connectivity index (χ4v) is 2.85. The zero-order valence-electron chi connectivity index (χ0n) is 9.55. The fourth-order valence-electron chi connectivity index (χ4n) is 1.62. The van der Waals surface area contributed by atoms with Crippen LogP contribution in [-0.2, 0) is 6.54 Å². The summed E-state index contributed by atoms with van der Waals surface area (Å²) >= 11 is 5.33. The number of hydrogen-bond donors (Lipinski definition) is 1. The summed E-state index contributed by atoms with van der Waals surface area (Å²) in [6.07, 6.45) is 3.71. The molecule has 1 aromatic heterocycles. The van der Waals surface area contributed by atoms with Crippen molar-refractivity contribution < 1.29 is 0 Å². The monoisotopic (exact) mass is 317 g/mol. The van der Waals surface area contributed by atoms with Gasteiger partial charge in [0, 0.05) is 30.8 Å². The van der Waals surface area contributed by atoms with Crippen molar-refractivity contribution in [2.75, 3.05) is 31.1 Å². The second-order valence-electron chi connectivity index (χ2n) is 3.76. The summed E-state index contributed by atoms with van der Waals surface area (Å²) in [6, 6.07) is 0. The van der Waals surface area contributed by atoms with E-state index in [-0.39, 0.29) is 0 Å². The molecule has 7 heteroatoms. The molecule has 1 aromatic rings. The van der Waals surface area contributed by atoms with Gasteiger partial charge in [-0.25, -0.2) is 0 Å². The Kier molecular flexibility index (Phi) is 4.73. The number of nitrogens with zero attached hydrogens (tertiary/aromatic N) is 4. The molecule has 1 aliphatic heterocycles. The summed E-state index contributed by atoms with van der Waals surface area (Å²) in [5.41, 5.74) is 5.95. The number of guanidine groups is 1. The topological polar surface area (TPSA) is 59.4 Å². The first-order valence-corrected chi connectivity index (χ1v) is 7.51. The summed E-state index contributed by atoms with van der Waals surface area (Å²) in [5, 5.41) is 4.17. The molecule has 0 saturated carbocycles. The largest absolute Gasteiger partial charge is 0.370 e. The highest BCUT2D eigenvalue weighted by Crippen LogP contribution is 2.08. The zero-order valence-corrected chi connectivity index (χ0v) is 12.0. The van der Waals surface area contributed by atoms with Gasteiger partial charge in [0.25, 0.3) is 0 Å². The molecule has 5 nitrogen and oxygen atoms in total. The van der Waals surface area contributed by atoms with Gasteiger partial charge in [-0.15, -0.1) is 0 Å². The van der Waals surface area contributed by atoms with Gasteiger partial charge in [-0.3, -0.25) is 9.67 Å². The average Bonchev–Trinajstić information content (AvgIpc) is 2.76. The molecule has 1 fully saturated rings. The zero-order chi connectivity index (χ0) is 12.1. The predicted molar refractivity (Wildman–Crippen MR) is 75.3 cm³/mol. The number of nitrogens with two attached hydrogens (primary N) is 1. The van der Waals surface area contributed by atoms with Crippen molar-refractivity contribution >= 4 is 33.7 Å². The van der Waals surface area contributed by atoms with Crippen molar-refractivity contribution in [2.45, 2.75) is 6.54 Å². The molecule has 1 aliphatic rings. The maximum Gasteiger partial charge on any atom is 0.191 e. The van der Waals surface area contributed by atoms with Gasteiger partial charge in [0.15, 0.2) is 5.96 Å². The van der Waals surface area contributed by atoms with Crippen LogP contribution in [0.25, 0.3) is 0 Å². The quantitative estimate of drug-likeness (QED) is 0.667. The van der Waals surface area contributed by atoms with Crippen molar-refractivity contribution in [1.82, 2.24) is 14.7 Å². The molecule has 0 radical (unpaired) electrons. The third kappa shape index (κ3) is 3.92. The van der Waals surface area contributed by atoms with E-state index in [9.17, 15) is 0 Å². The lowest BCUT2D eigenvalue weighted by Gasteiger charge is -2.27. The van der Waals surface area contributed by atoms with E-state index in [4.69, 9.17) is 5.73 Å². The van der Waals surface area contributed by atoms with Crippen LogP contribution in [0.15, 0.2) is 21.9 Å². The SMILES string of the molecule is NC(=NCCn1cc(Br)cn1)N1CCSCC1. The Bertz CT molecular complexity index is 386. The molecular weight excluding hydrogens is 302 g/mol. The Labute approximate surface area is 114 Å². The lowest BCUT2D eigenvalue weighted by Crippen LogP contribution is -2.42. The lowest BCUT2D eigenvalue weighted by atomic mass is 10.5. The van der Waals surface area contributed by atoms with Crippen molar-refractivity contribution in [1.29, 1.82) is 0 Å². The third-order valence-electron chi connectivity index (χ3n) is 2.54. The number of hydrogen-bond acceptors (Lipinski definition) is 3. The van der Waals surface area contributed by atoms with E-state index in [0.717, 1.165) is 35.6 Å². The van der Waals surface area contributed by atoms with E-state index in [1.54, 1.807) is 6.20 Å². The summed E-state index contributed by atoms with van der Waals surface area (Å²) in [5.74, 6) is 2.95. The van der Waals surface area contributed by atoms with E-state index in [0.29, 0.717) is 12.5 Å². The van der Waals surface area contributed by atoms with E-state index < -0.39 is 0 Å². The van der Waals surface area contributed by atoms with E-state index in [1.807, 2.05) is 22.6 Å². The Morgan fingerprint density at radius 1 is 1.53 bits per heavy atom. The third-order valence-corrected chi connectivity index (χ3v) is 3.89. The minimum atomic E-state index is 0.663. The maximum absolute atomic E-state index is 5.95. The van der Waals surface area contributed by atoms with Gasteiger partial charge in [-0.2, -0.15) is 16.9 Å². The first kappa shape index (κ1) is 12.8. The Morgan fingerprint density at radius 2 is 2.29 bits per heavy atom. The van der Waals surface area contributed by atoms with Crippen LogP contribution >= 0.6 is 27.7 Å². The molecule has 0 unspecified atom stereocenters. The summed E-state index contributed by atoms with van der Waals surface area (Å²) < 4.78 is 2.84. The molecule has 0 aliphatic carbocycles. The number of rotatable bonds is 3. The molecule has 0 spiro atoms. The standard InChI is InChI=1S/C10H16BrN5S/c11-9-7-14-16(8-9)2-1-13-10(12)15-3-5-17-6-4-15/h7-8H,1-6H2,(H2,12,13). The molecule has 0 aromatic carbocycles. The van der Waals surface area contributed by atoms with E-state index >= 15 is 0 Å². The van der Waals surface area contributed by atoms with Crippen LogP contribution in [0.5, 0.6) is 0 Å². The smallest absolute Gasteiger partial charge is 0.191 e. The Morgan fingerprint density at radius 3 is 2.94 bits per heavy atom. The minimum Gasteiger partial charge on any atom is -0.370 e. The van der Waals surface area contributed by atoms with Crippen LogP contribution in [0.4, 0.5) is 0 Å².